The van der Waals surface area contributed by atoms with E-state index in [0.29, 0.717) is 0 Å². The van der Waals surface area contributed by atoms with Crippen LogP contribution in [0.15, 0.2) is 0 Å². The van der Waals surface area contributed by atoms with Crippen LogP contribution >= 0.6 is 0 Å². The van der Waals surface area contributed by atoms with Gasteiger partial charge >= 0.3 is 0 Å². The van der Waals surface area contributed by atoms with Crippen molar-refractivity contribution in [3.05, 3.63) is 0 Å². The molecule has 0 radical (unpaired) electrons. The molecule has 1 aliphatic rings. The molecule has 0 amide bonds. The smallest absolute Gasteiger partial charge is 0.0959 e. The third-order valence-corrected chi connectivity index (χ3v) is 4.08. The number of hydrogen-bond acceptors (Lipinski definition) is 4. The lowest BCUT2D eigenvalue weighted by Crippen LogP contribution is -2.46. The van der Waals surface area contributed by atoms with Crippen molar-refractivity contribution in [2.45, 2.75) is 45.0 Å². The van der Waals surface area contributed by atoms with Crippen LogP contribution in [-0.4, -0.2) is 44.8 Å². The van der Waals surface area contributed by atoms with Gasteiger partial charge in [-0.05, 0) is 12.8 Å². The monoisotopic (exact) mass is 204 g/mol. The molecule has 14 heavy (non-hydrogen) atoms. The van der Waals surface area contributed by atoms with Gasteiger partial charge in [0.25, 0.3) is 0 Å². The number of aliphatic hydroxyl groups is 4. The Morgan fingerprint density at radius 2 is 2.00 bits per heavy atom. The van der Waals surface area contributed by atoms with Crippen molar-refractivity contribution < 1.29 is 20.4 Å². The van der Waals surface area contributed by atoms with Crippen LogP contribution in [0.25, 0.3) is 0 Å². The summed E-state index contributed by atoms with van der Waals surface area (Å²) in [6.07, 6.45) is -1.56. The molecule has 1 saturated carbocycles. The van der Waals surface area contributed by atoms with Gasteiger partial charge in [-0.15, -0.1) is 0 Å². The second-order valence-electron chi connectivity index (χ2n) is 4.77. The fourth-order valence-electron chi connectivity index (χ4n) is 2.35. The summed E-state index contributed by atoms with van der Waals surface area (Å²) in [7, 11) is 0. The predicted molar refractivity (Wildman–Crippen MR) is 51.6 cm³/mol. The van der Waals surface area contributed by atoms with Gasteiger partial charge in [-0.3, -0.25) is 0 Å². The zero-order valence-corrected chi connectivity index (χ0v) is 8.94. The van der Waals surface area contributed by atoms with E-state index in [9.17, 15) is 20.4 Å². The molecule has 4 heteroatoms. The van der Waals surface area contributed by atoms with Crippen LogP contribution in [0.3, 0.4) is 0 Å². The summed E-state index contributed by atoms with van der Waals surface area (Å²) in [5.41, 5.74) is -2.03. The van der Waals surface area contributed by atoms with E-state index >= 15 is 0 Å². The molecule has 0 aromatic heterocycles. The van der Waals surface area contributed by atoms with Crippen LogP contribution in [0, 0.1) is 11.3 Å². The van der Waals surface area contributed by atoms with Crippen LogP contribution in [-0.2, 0) is 0 Å². The van der Waals surface area contributed by atoms with Crippen LogP contribution in [0.2, 0.25) is 0 Å². The van der Waals surface area contributed by atoms with E-state index < -0.39 is 23.2 Å². The average Bonchev–Trinajstić information content (AvgIpc) is 2.30. The highest BCUT2D eigenvalue weighted by Crippen LogP contribution is 2.50. The summed E-state index contributed by atoms with van der Waals surface area (Å²) in [5, 5.41) is 38.6. The molecular weight excluding hydrogens is 184 g/mol. The molecule has 0 spiro atoms. The summed E-state index contributed by atoms with van der Waals surface area (Å²) in [5.74, 6) is -0.338. The molecule has 5 atom stereocenters. The lowest BCUT2D eigenvalue weighted by atomic mass is 9.75. The molecule has 0 aromatic carbocycles. The summed E-state index contributed by atoms with van der Waals surface area (Å²) in [6.45, 7) is 4.79. The van der Waals surface area contributed by atoms with Crippen molar-refractivity contribution in [3.63, 3.8) is 0 Å². The Balaban J connectivity index is 3.00. The van der Waals surface area contributed by atoms with Gasteiger partial charge in [-0.2, -0.15) is 0 Å². The van der Waals surface area contributed by atoms with Crippen LogP contribution in [0.1, 0.15) is 27.2 Å². The quantitative estimate of drug-likeness (QED) is 0.489. The van der Waals surface area contributed by atoms with Crippen molar-refractivity contribution in [1.82, 2.24) is 0 Å². The molecule has 0 bridgehead atoms. The lowest BCUT2D eigenvalue weighted by molar-refractivity contribution is -0.106. The van der Waals surface area contributed by atoms with E-state index in [1.807, 2.05) is 0 Å². The van der Waals surface area contributed by atoms with Gasteiger partial charge in [0.1, 0.15) is 0 Å². The number of hydrogen-bond donors (Lipinski definition) is 4. The van der Waals surface area contributed by atoms with Gasteiger partial charge in [0, 0.05) is 11.8 Å². The predicted octanol–water partition coefficient (Wildman–Crippen LogP) is -0.502. The van der Waals surface area contributed by atoms with Gasteiger partial charge < -0.3 is 20.4 Å². The van der Waals surface area contributed by atoms with Crippen LogP contribution in [0.5, 0.6) is 0 Å². The Bertz CT molecular complexity index is 218. The maximum absolute atomic E-state index is 10.2. The maximum Gasteiger partial charge on any atom is 0.0959 e. The minimum absolute atomic E-state index is 0.114. The van der Waals surface area contributed by atoms with E-state index in [-0.39, 0.29) is 18.9 Å². The molecule has 84 valence electrons. The molecule has 4 nitrogen and oxygen atoms in total. The first-order valence-electron chi connectivity index (χ1n) is 4.98. The highest BCUT2D eigenvalue weighted by atomic mass is 16.3. The third kappa shape index (κ3) is 1.37. The number of aliphatic hydroxyl groups excluding tert-OH is 3. The van der Waals surface area contributed by atoms with Gasteiger partial charge in [0.2, 0.25) is 0 Å². The maximum atomic E-state index is 10.2. The molecule has 4 N–H and O–H groups in total. The Kier molecular flexibility index (Phi) is 2.94. The Morgan fingerprint density at radius 1 is 1.50 bits per heavy atom. The van der Waals surface area contributed by atoms with Crippen LogP contribution < -0.4 is 0 Å². The van der Waals surface area contributed by atoms with Gasteiger partial charge in [-0.1, -0.05) is 13.8 Å². The molecular formula is C10H20O4. The molecule has 3 unspecified atom stereocenters. The Morgan fingerprint density at radius 3 is 2.21 bits per heavy atom. The lowest BCUT2D eigenvalue weighted by Gasteiger charge is -2.36. The van der Waals surface area contributed by atoms with E-state index in [1.165, 1.54) is 6.92 Å². The van der Waals surface area contributed by atoms with E-state index in [0.717, 1.165) is 0 Å². The average molecular weight is 204 g/mol. The molecule has 0 aliphatic heterocycles. The molecule has 0 heterocycles. The molecule has 1 rings (SSSR count). The zero-order valence-electron chi connectivity index (χ0n) is 8.94. The summed E-state index contributed by atoms with van der Waals surface area (Å²) >= 11 is 0. The summed E-state index contributed by atoms with van der Waals surface area (Å²) in [6, 6.07) is 0. The first kappa shape index (κ1) is 11.9. The minimum atomic E-state index is -1.29. The number of rotatable bonds is 2. The summed E-state index contributed by atoms with van der Waals surface area (Å²) in [4.78, 5) is 0. The van der Waals surface area contributed by atoms with Crippen molar-refractivity contribution in [1.29, 1.82) is 0 Å². The second-order valence-corrected chi connectivity index (χ2v) is 4.77. The van der Waals surface area contributed by atoms with Crippen molar-refractivity contribution >= 4 is 0 Å². The Labute approximate surface area is 84.2 Å². The zero-order chi connectivity index (χ0) is 11.1. The standard InChI is InChI=1S/C10H20O4/c1-6-9(3,5-11)8(13)4-10(6,14)7(2)12/h6-8,11-14H,4-5H2,1-3H3/t6?,7-,8+,9?,10?/m1/s1. The molecule has 0 saturated heterocycles. The fourth-order valence-corrected chi connectivity index (χ4v) is 2.35. The van der Waals surface area contributed by atoms with E-state index in [1.54, 1.807) is 13.8 Å². The van der Waals surface area contributed by atoms with Gasteiger partial charge in [0.05, 0.1) is 24.4 Å². The van der Waals surface area contributed by atoms with Crippen molar-refractivity contribution in [2.24, 2.45) is 11.3 Å². The van der Waals surface area contributed by atoms with Gasteiger partial charge in [0.15, 0.2) is 0 Å². The fraction of sp³-hybridized carbons (Fsp3) is 1.00. The summed E-state index contributed by atoms with van der Waals surface area (Å²) < 4.78 is 0. The van der Waals surface area contributed by atoms with Crippen molar-refractivity contribution in [2.75, 3.05) is 6.61 Å². The van der Waals surface area contributed by atoms with Crippen molar-refractivity contribution in [3.8, 4) is 0 Å². The topological polar surface area (TPSA) is 80.9 Å². The normalized spacial score (nSPS) is 50.8. The van der Waals surface area contributed by atoms with E-state index in [2.05, 4.69) is 0 Å². The Hall–Kier alpha value is -0.160. The second kappa shape index (κ2) is 3.45. The minimum Gasteiger partial charge on any atom is -0.396 e. The molecule has 1 fully saturated rings. The largest absolute Gasteiger partial charge is 0.396 e. The van der Waals surface area contributed by atoms with Gasteiger partial charge in [-0.25, -0.2) is 0 Å². The highest BCUT2D eigenvalue weighted by molar-refractivity contribution is 5.08. The first-order valence-corrected chi connectivity index (χ1v) is 4.98. The molecule has 0 aromatic rings. The van der Waals surface area contributed by atoms with E-state index in [4.69, 9.17) is 0 Å². The highest BCUT2D eigenvalue weighted by Gasteiger charge is 2.58. The first-order chi connectivity index (χ1) is 6.29. The van der Waals surface area contributed by atoms with Crippen LogP contribution in [0.4, 0.5) is 0 Å². The SMILES string of the molecule is CC1C(C)(CO)[C@@H](O)CC1(O)[C@@H](C)O. The third-order valence-electron chi connectivity index (χ3n) is 4.08. The molecule has 1 aliphatic carbocycles.